The van der Waals surface area contributed by atoms with E-state index in [1.165, 1.54) is 0 Å². The summed E-state index contributed by atoms with van der Waals surface area (Å²) >= 11 is 5.87. The molecule has 3 rings (SSSR count). The monoisotopic (exact) mass is 344 g/mol. The number of nitrogens with zero attached hydrogens (tertiary/aromatic N) is 2. The smallest absolute Gasteiger partial charge is 0.223 e. The van der Waals surface area contributed by atoms with E-state index >= 15 is 0 Å². The van der Waals surface area contributed by atoms with Crippen molar-refractivity contribution in [2.75, 3.05) is 13.1 Å². The van der Waals surface area contributed by atoms with E-state index in [0.717, 1.165) is 17.5 Å². The predicted octanol–water partition coefficient (Wildman–Crippen LogP) is 2.73. The molecule has 0 spiro atoms. The summed E-state index contributed by atoms with van der Waals surface area (Å²) in [5, 5.41) is 11.0. The Morgan fingerprint density at radius 3 is 2.54 bits per heavy atom. The largest absolute Gasteiger partial charge is 0.391 e. The van der Waals surface area contributed by atoms with Gasteiger partial charge in [0.15, 0.2) is 0 Å². The fourth-order valence-electron chi connectivity index (χ4n) is 3.14. The zero-order valence-electron chi connectivity index (χ0n) is 13.4. The van der Waals surface area contributed by atoms with Gasteiger partial charge in [-0.3, -0.25) is 9.78 Å². The van der Waals surface area contributed by atoms with Crippen molar-refractivity contribution in [3.05, 3.63) is 64.9 Å². The number of aromatic nitrogens is 1. The predicted molar refractivity (Wildman–Crippen MR) is 93.8 cm³/mol. The second kappa shape index (κ2) is 7.77. The Morgan fingerprint density at radius 1 is 1.12 bits per heavy atom. The van der Waals surface area contributed by atoms with Crippen LogP contribution in [0.3, 0.4) is 0 Å². The van der Waals surface area contributed by atoms with Gasteiger partial charge >= 0.3 is 0 Å². The molecule has 0 radical (unpaired) electrons. The second-order valence-corrected chi connectivity index (χ2v) is 6.75. The molecule has 0 saturated carbocycles. The molecule has 5 heteroatoms. The number of carbonyl (C=O) groups is 1. The molecule has 1 aliphatic heterocycles. The van der Waals surface area contributed by atoms with Crippen LogP contribution in [0.5, 0.6) is 0 Å². The van der Waals surface area contributed by atoms with Crippen LogP contribution in [0.15, 0.2) is 48.8 Å². The van der Waals surface area contributed by atoms with Crippen molar-refractivity contribution in [3.8, 4) is 0 Å². The molecule has 1 aromatic carbocycles. The maximum absolute atomic E-state index is 12.4. The summed E-state index contributed by atoms with van der Waals surface area (Å²) in [4.78, 5) is 18.2. The van der Waals surface area contributed by atoms with Gasteiger partial charge in [-0.15, -0.1) is 0 Å². The summed E-state index contributed by atoms with van der Waals surface area (Å²) in [5.41, 5.74) is 2.24. The second-order valence-electron chi connectivity index (χ2n) is 6.31. The summed E-state index contributed by atoms with van der Waals surface area (Å²) < 4.78 is 0. The summed E-state index contributed by atoms with van der Waals surface area (Å²) in [6.45, 7) is 1.04. The zero-order valence-corrected chi connectivity index (χ0v) is 14.2. The van der Waals surface area contributed by atoms with Gasteiger partial charge in [0.1, 0.15) is 0 Å². The molecule has 0 unspecified atom stereocenters. The van der Waals surface area contributed by atoms with Crippen LogP contribution in [0, 0.1) is 5.92 Å². The van der Waals surface area contributed by atoms with E-state index < -0.39 is 6.10 Å². The SMILES string of the molecule is O=C(CCc1ccc(Cl)cc1)N1C[C@@H](Cc2ccncc2)[C@H](O)C1. The number of hydrogen-bond donors (Lipinski definition) is 1. The topological polar surface area (TPSA) is 53.4 Å². The first-order valence-corrected chi connectivity index (χ1v) is 8.59. The Kier molecular flexibility index (Phi) is 5.48. The average molecular weight is 345 g/mol. The van der Waals surface area contributed by atoms with E-state index in [9.17, 15) is 9.90 Å². The van der Waals surface area contributed by atoms with E-state index in [0.29, 0.717) is 31.0 Å². The average Bonchev–Trinajstić information content (AvgIpc) is 2.96. The first kappa shape index (κ1) is 16.9. The van der Waals surface area contributed by atoms with Gasteiger partial charge in [-0.05, 0) is 48.2 Å². The van der Waals surface area contributed by atoms with E-state index in [1.807, 2.05) is 36.4 Å². The summed E-state index contributed by atoms with van der Waals surface area (Å²) in [5.74, 6) is 0.188. The molecule has 1 N–H and O–H groups in total. The highest BCUT2D eigenvalue weighted by atomic mass is 35.5. The van der Waals surface area contributed by atoms with Crippen molar-refractivity contribution in [3.63, 3.8) is 0 Å². The third-order valence-electron chi connectivity index (χ3n) is 4.55. The highest BCUT2D eigenvalue weighted by molar-refractivity contribution is 6.30. The molecule has 1 fully saturated rings. The molecule has 2 aromatic rings. The number of β-amino-alcohol motifs (C(OH)–C–C–N with tert-alkyl or cyclic N) is 1. The molecule has 24 heavy (non-hydrogen) atoms. The van der Waals surface area contributed by atoms with E-state index in [4.69, 9.17) is 11.6 Å². The van der Waals surface area contributed by atoms with Crippen LogP contribution in [0.2, 0.25) is 5.02 Å². The number of carbonyl (C=O) groups excluding carboxylic acids is 1. The maximum Gasteiger partial charge on any atom is 0.223 e. The Morgan fingerprint density at radius 2 is 1.83 bits per heavy atom. The minimum Gasteiger partial charge on any atom is -0.391 e. The van der Waals surface area contributed by atoms with Crippen LogP contribution >= 0.6 is 11.6 Å². The first-order valence-electron chi connectivity index (χ1n) is 8.21. The standard InChI is InChI=1S/C19H21ClN2O2/c20-17-4-1-14(2-5-17)3-6-19(24)22-12-16(18(23)13-22)11-15-7-9-21-10-8-15/h1-2,4-5,7-10,16,18,23H,3,6,11-13H2/t16-,18-/m1/s1. The molecular weight excluding hydrogens is 324 g/mol. The molecule has 1 aromatic heterocycles. The van der Waals surface area contributed by atoms with Crippen LogP contribution < -0.4 is 0 Å². The van der Waals surface area contributed by atoms with Gasteiger partial charge in [-0.25, -0.2) is 0 Å². The van der Waals surface area contributed by atoms with Crippen molar-refractivity contribution in [2.24, 2.45) is 5.92 Å². The lowest BCUT2D eigenvalue weighted by molar-refractivity contribution is -0.130. The number of aliphatic hydroxyl groups excluding tert-OH is 1. The fraction of sp³-hybridized carbons (Fsp3) is 0.368. The molecule has 2 atom stereocenters. The molecule has 0 bridgehead atoms. The van der Waals surface area contributed by atoms with Crippen LogP contribution in [-0.4, -0.2) is 40.1 Å². The summed E-state index contributed by atoms with van der Waals surface area (Å²) in [6, 6.07) is 11.5. The number of rotatable bonds is 5. The number of aryl methyl sites for hydroxylation is 1. The number of hydrogen-bond acceptors (Lipinski definition) is 3. The zero-order chi connectivity index (χ0) is 16.9. The normalized spacial score (nSPS) is 20.3. The summed E-state index contributed by atoms with van der Waals surface area (Å²) in [6.07, 6.45) is 4.97. The summed E-state index contributed by atoms with van der Waals surface area (Å²) in [7, 11) is 0. The van der Waals surface area contributed by atoms with Crippen LogP contribution in [0.1, 0.15) is 17.5 Å². The number of aliphatic hydroxyl groups is 1. The molecule has 2 heterocycles. The third-order valence-corrected chi connectivity index (χ3v) is 4.80. The lowest BCUT2D eigenvalue weighted by Crippen LogP contribution is -2.29. The van der Waals surface area contributed by atoms with Crippen molar-refractivity contribution in [2.45, 2.75) is 25.4 Å². The van der Waals surface area contributed by atoms with Gasteiger partial charge < -0.3 is 10.0 Å². The highest BCUT2D eigenvalue weighted by Crippen LogP contribution is 2.22. The van der Waals surface area contributed by atoms with Crippen molar-refractivity contribution < 1.29 is 9.90 Å². The Labute approximate surface area is 147 Å². The Hall–Kier alpha value is -1.91. The molecule has 1 aliphatic rings. The van der Waals surface area contributed by atoms with Crippen molar-refractivity contribution in [1.82, 2.24) is 9.88 Å². The molecule has 0 aliphatic carbocycles. The highest BCUT2D eigenvalue weighted by Gasteiger charge is 2.33. The van der Waals surface area contributed by atoms with Gasteiger partial charge in [0.25, 0.3) is 0 Å². The van der Waals surface area contributed by atoms with Gasteiger partial charge in [-0.2, -0.15) is 0 Å². The molecule has 126 valence electrons. The number of halogens is 1. The minimum absolute atomic E-state index is 0.0897. The van der Waals surface area contributed by atoms with Gasteiger partial charge in [0.2, 0.25) is 5.91 Å². The Bertz CT molecular complexity index is 676. The van der Waals surface area contributed by atoms with Gasteiger partial charge in [-0.1, -0.05) is 23.7 Å². The van der Waals surface area contributed by atoms with E-state index in [2.05, 4.69) is 4.98 Å². The first-order chi connectivity index (χ1) is 11.6. The van der Waals surface area contributed by atoms with Gasteiger partial charge in [0.05, 0.1) is 6.10 Å². The molecule has 1 amide bonds. The molecule has 1 saturated heterocycles. The van der Waals surface area contributed by atoms with Gasteiger partial charge in [0, 0.05) is 42.8 Å². The lowest BCUT2D eigenvalue weighted by Gasteiger charge is -2.16. The van der Waals surface area contributed by atoms with Crippen LogP contribution in [0.25, 0.3) is 0 Å². The van der Waals surface area contributed by atoms with Crippen molar-refractivity contribution >= 4 is 17.5 Å². The number of likely N-dealkylation sites (tertiary alicyclic amines) is 1. The number of amides is 1. The fourth-order valence-corrected chi connectivity index (χ4v) is 3.27. The minimum atomic E-state index is -0.461. The van der Waals surface area contributed by atoms with E-state index in [1.54, 1.807) is 17.3 Å². The quantitative estimate of drug-likeness (QED) is 0.907. The van der Waals surface area contributed by atoms with Crippen LogP contribution in [-0.2, 0) is 17.6 Å². The number of benzene rings is 1. The van der Waals surface area contributed by atoms with Crippen LogP contribution in [0.4, 0.5) is 0 Å². The number of pyridine rings is 1. The van der Waals surface area contributed by atoms with Crippen molar-refractivity contribution in [1.29, 1.82) is 0 Å². The molecular formula is C19H21ClN2O2. The maximum atomic E-state index is 12.4. The molecule has 4 nitrogen and oxygen atoms in total. The lowest BCUT2D eigenvalue weighted by atomic mass is 9.97. The third kappa shape index (κ3) is 4.34. The van der Waals surface area contributed by atoms with E-state index in [-0.39, 0.29) is 11.8 Å². The Balaban J connectivity index is 1.52.